The first kappa shape index (κ1) is 35.1. The minimum Gasteiger partial charge on any atom is -0.471 e. The molecule has 5 rings (SSSR count). The maximum Gasteiger partial charge on any atom is 0.418 e. The first-order valence-electron chi connectivity index (χ1n) is 15.5. The minimum atomic E-state index is -4.77. The first-order valence-corrected chi connectivity index (χ1v) is 15.5. The molecule has 0 unspecified atom stereocenters. The maximum absolute atomic E-state index is 14.0. The Morgan fingerprint density at radius 2 is 1.67 bits per heavy atom. The molecule has 2 amide bonds. The molecule has 0 saturated heterocycles. The Labute approximate surface area is 269 Å². The summed E-state index contributed by atoms with van der Waals surface area (Å²) in [5.74, 6) is -3.26. The summed E-state index contributed by atoms with van der Waals surface area (Å²) < 4.78 is 114. The van der Waals surface area contributed by atoms with Gasteiger partial charge in [0, 0.05) is 25.6 Å². The second kappa shape index (κ2) is 14.1. The van der Waals surface area contributed by atoms with Crippen molar-refractivity contribution in [3.05, 3.63) is 41.0 Å². The molecular formula is C31H34F8N6O3. The third-order valence-corrected chi connectivity index (χ3v) is 8.75. The number of rotatable bonds is 10. The molecule has 3 N–H and O–H groups in total. The van der Waals surface area contributed by atoms with Gasteiger partial charge < -0.3 is 20.7 Å². The van der Waals surface area contributed by atoms with E-state index in [1.54, 1.807) is 0 Å². The van der Waals surface area contributed by atoms with Crippen molar-refractivity contribution in [3.8, 4) is 5.88 Å². The number of carbonyl (C=O) groups is 2. The zero-order valence-electron chi connectivity index (χ0n) is 25.8. The first-order chi connectivity index (χ1) is 22.6. The van der Waals surface area contributed by atoms with Crippen LogP contribution in [0.3, 0.4) is 0 Å². The largest absolute Gasteiger partial charge is 0.471 e. The van der Waals surface area contributed by atoms with Crippen LogP contribution in [-0.2, 0) is 24.6 Å². The van der Waals surface area contributed by atoms with E-state index in [-0.39, 0.29) is 72.4 Å². The Morgan fingerprint density at radius 1 is 0.979 bits per heavy atom. The standard InChI is InChI=1S/C31H34F8N6O3/c1-45-25-23(13-20(28(44-25)48-15-24(32)33)27(47)41-19-9-7-18(8-10-19)30(34,35)36)43-29(45)42-22-12-16(6-11-21(22)31(37,38)39)14-40-26(46)17-4-2-3-5-17/h6,11-13,17-19,24H,2-5,7-10,14-15H2,1H3,(H,40,46)(H,41,47)(H,42,43). The van der Waals surface area contributed by atoms with E-state index in [1.807, 2.05) is 0 Å². The van der Waals surface area contributed by atoms with Crippen molar-refractivity contribution in [2.24, 2.45) is 18.9 Å². The van der Waals surface area contributed by atoms with Crippen LogP contribution in [0.25, 0.3) is 11.2 Å². The van der Waals surface area contributed by atoms with Gasteiger partial charge in [-0.05, 0) is 62.3 Å². The van der Waals surface area contributed by atoms with Gasteiger partial charge in [0.25, 0.3) is 12.3 Å². The van der Waals surface area contributed by atoms with Crippen LogP contribution in [0.5, 0.6) is 5.88 Å². The van der Waals surface area contributed by atoms with Gasteiger partial charge >= 0.3 is 12.4 Å². The zero-order valence-corrected chi connectivity index (χ0v) is 25.8. The van der Waals surface area contributed by atoms with Crippen LogP contribution < -0.4 is 20.7 Å². The molecule has 2 aliphatic rings. The van der Waals surface area contributed by atoms with Gasteiger partial charge in [-0.3, -0.25) is 14.2 Å². The molecule has 2 heterocycles. The Morgan fingerprint density at radius 3 is 2.29 bits per heavy atom. The third kappa shape index (κ3) is 8.27. The van der Waals surface area contributed by atoms with Crippen molar-refractivity contribution < 1.29 is 49.4 Å². The van der Waals surface area contributed by atoms with Crippen molar-refractivity contribution in [1.82, 2.24) is 25.2 Å². The van der Waals surface area contributed by atoms with Crippen LogP contribution in [0.4, 0.5) is 46.8 Å². The summed E-state index contributed by atoms with van der Waals surface area (Å²) in [6.45, 7) is -1.13. The molecule has 0 radical (unpaired) electrons. The fourth-order valence-electron chi connectivity index (χ4n) is 6.14. The van der Waals surface area contributed by atoms with Crippen LogP contribution in [0.1, 0.15) is 72.9 Å². The van der Waals surface area contributed by atoms with E-state index in [4.69, 9.17) is 4.74 Å². The number of halogens is 8. The molecule has 0 bridgehead atoms. The summed E-state index contributed by atoms with van der Waals surface area (Å²) in [5, 5.41) is 8.03. The normalized spacial score (nSPS) is 19.1. The van der Waals surface area contributed by atoms with Gasteiger partial charge in [-0.15, -0.1) is 0 Å². The molecule has 1 aromatic carbocycles. The Hall–Kier alpha value is -4.18. The molecule has 9 nitrogen and oxygen atoms in total. The molecule has 0 atom stereocenters. The van der Waals surface area contributed by atoms with Crippen molar-refractivity contribution >= 4 is 34.6 Å². The van der Waals surface area contributed by atoms with Crippen LogP contribution in [0.2, 0.25) is 0 Å². The van der Waals surface area contributed by atoms with E-state index in [2.05, 4.69) is 25.9 Å². The molecule has 17 heteroatoms. The van der Waals surface area contributed by atoms with E-state index < -0.39 is 54.7 Å². The van der Waals surface area contributed by atoms with E-state index >= 15 is 0 Å². The molecule has 2 fully saturated rings. The number of imidazole rings is 1. The topological polar surface area (TPSA) is 110 Å². The molecular weight excluding hydrogens is 656 g/mol. The number of aromatic nitrogens is 3. The number of carbonyl (C=O) groups excluding carboxylic acids is 2. The van der Waals surface area contributed by atoms with Crippen LogP contribution in [0.15, 0.2) is 24.3 Å². The quantitative estimate of drug-likeness (QED) is 0.197. The van der Waals surface area contributed by atoms with Gasteiger partial charge in [0.1, 0.15) is 11.1 Å². The molecule has 2 saturated carbocycles. The molecule has 0 aliphatic heterocycles. The number of benzene rings is 1. The average Bonchev–Trinajstić information content (AvgIpc) is 3.66. The summed E-state index contributed by atoms with van der Waals surface area (Å²) in [6.07, 6.45) is -8.95. The average molecular weight is 691 g/mol. The molecule has 3 aromatic rings. The van der Waals surface area contributed by atoms with Gasteiger partial charge in [-0.25, -0.2) is 13.8 Å². The maximum atomic E-state index is 14.0. The predicted octanol–water partition coefficient (Wildman–Crippen LogP) is 7.03. The summed E-state index contributed by atoms with van der Waals surface area (Å²) >= 11 is 0. The number of hydrogen-bond acceptors (Lipinski definition) is 6. The minimum absolute atomic E-state index is 0.00358. The van der Waals surface area contributed by atoms with E-state index in [9.17, 15) is 44.7 Å². The Balaban J connectivity index is 1.41. The van der Waals surface area contributed by atoms with Crippen LogP contribution in [0, 0.1) is 11.8 Å². The van der Waals surface area contributed by atoms with Crippen LogP contribution in [-0.4, -0.2) is 51.6 Å². The van der Waals surface area contributed by atoms with Gasteiger partial charge in [-0.1, -0.05) is 18.9 Å². The lowest BCUT2D eigenvalue weighted by Crippen LogP contribution is -2.40. The number of hydrogen-bond donors (Lipinski definition) is 3. The number of pyridine rings is 1. The monoisotopic (exact) mass is 690 g/mol. The van der Waals surface area contributed by atoms with Crippen molar-refractivity contribution in [3.63, 3.8) is 0 Å². The highest BCUT2D eigenvalue weighted by Crippen LogP contribution is 2.39. The number of aryl methyl sites for hydroxylation is 1. The Bertz CT molecular complexity index is 1630. The number of anilines is 2. The SMILES string of the molecule is Cn1c(Nc2cc(CNC(=O)C3CCCC3)ccc2C(F)(F)F)nc2cc(C(=O)NC3CCC(C(F)(F)F)CC3)c(OCC(F)F)nc21. The second-order valence-electron chi connectivity index (χ2n) is 12.1. The number of fused-ring (bicyclic) bond motifs is 1. The highest BCUT2D eigenvalue weighted by Gasteiger charge is 2.42. The second-order valence-corrected chi connectivity index (χ2v) is 12.1. The highest BCUT2D eigenvalue weighted by molar-refractivity contribution is 5.99. The zero-order chi connectivity index (χ0) is 34.8. The summed E-state index contributed by atoms with van der Waals surface area (Å²) in [4.78, 5) is 34.1. The molecule has 2 aliphatic carbocycles. The van der Waals surface area contributed by atoms with Crippen molar-refractivity contribution in [2.75, 3.05) is 11.9 Å². The number of alkyl halides is 8. The summed E-state index contributed by atoms with van der Waals surface area (Å²) in [5.41, 5.74) is -1.34. The van der Waals surface area contributed by atoms with E-state index in [1.165, 1.54) is 29.8 Å². The van der Waals surface area contributed by atoms with Crippen molar-refractivity contribution in [2.45, 2.75) is 82.7 Å². The lowest BCUT2D eigenvalue weighted by Gasteiger charge is -2.30. The smallest absolute Gasteiger partial charge is 0.418 e. The number of nitrogens with zero attached hydrogens (tertiary/aromatic N) is 3. The molecule has 2 aromatic heterocycles. The highest BCUT2D eigenvalue weighted by atomic mass is 19.4. The van der Waals surface area contributed by atoms with Gasteiger partial charge in [-0.2, -0.15) is 31.3 Å². The lowest BCUT2D eigenvalue weighted by atomic mass is 9.85. The lowest BCUT2D eigenvalue weighted by molar-refractivity contribution is -0.182. The summed E-state index contributed by atoms with van der Waals surface area (Å²) in [7, 11) is 1.40. The van der Waals surface area contributed by atoms with Gasteiger partial charge in [0.05, 0.1) is 17.2 Å². The fraction of sp³-hybridized carbons (Fsp3) is 0.548. The molecule has 48 heavy (non-hydrogen) atoms. The predicted molar refractivity (Wildman–Crippen MR) is 158 cm³/mol. The Kier molecular flexibility index (Phi) is 10.3. The number of amides is 2. The molecule has 262 valence electrons. The van der Waals surface area contributed by atoms with Crippen LogP contribution >= 0.6 is 0 Å². The molecule has 0 spiro atoms. The number of nitrogens with one attached hydrogen (secondary N) is 3. The summed E-state index contributed by atoms with van der Waals surface area (Å²) in [6, 6.07) is 3.92. The fourth-order valence-corrected chi connectivity index (χ4v) is 6.14. The van der Waals surface area contributed by atoms with Gasteiger partial charge in [0.2, 0.25) is 17.7 Å². The number of ether oxygens (including phenoxy) is 1. The van der Waals surface area contributed by atoms with Gasteiger partial charge in [0.15, 0.2) is 12.3 Å². The van der Waals surface area contributed by atoms with E-state index in [0.29, 0.717) is 5.56 Å². The third-order valence-electron chi connectivity index (χ3n) is 8.75. The van der Waals surface area contributed by atoms with Crippen molar-refractivity contribution in [1.29, 1.82) is 0 Å². The van der Waals surface area contributed by atoms with E-state index in [0.717, 1.165) is 31.7 Å².